The van der Waals surface area contributed by atoms with Crippen LogP contribution in [-0.4, -0.2) is 5.11 Å². The Kier molecular flexibility index (Phi) is 2.81. The SMILES string of the molecule is Oc1cc2ccc3c4ccccc4ccc3c2c2cc3ccccc3cc12. The van der Waals surface area contributed by atoms with Crippen molar-refractivity contribution in [3.8, 4) is 5.75 Å². The van der Waals surface area contributed by atoms with Gasteiger partial charge in [-0.25, -0.2) is 0 Å². The van der Waals surface area contributed by atoms with Crippen molar-refractivity contribution in [1.82, 2.24) is 0 Å². The van der Waals surface area contributed by atoms with E-state index in [1.165, 1.54) is 32.3 Å². The molecule has 0 heterocycles. The lowest BCUT2D eigenvalue weighted by molar-refractivity contribution is 0.482. The zero-order chi connectivity index (χ0) is 18.0. The van der Waals surface area contributed by atoms with E-state index >= 15 is 0 Å². The maximum atomic E-state index is 10.7. The first-order valence-electron chi connectivity index (χ1n) is 9.18. The highest BCUT2D eigenvalue weighted by molar-refractivity contribution is 6.26. The van der Waals surface area contributed by atoms with Crippen LogP contribution in [0.1, 0.15) is 0 Å². The van der Waals surface area contributed by atoms with E-state index in [9.17, 15) is 5.11 Å². The minimum atomic E-state index is 0.336. The van der Waals surface area contributed by atoms with Crippen LogP contribution in [0.2, 0.25) is 0 Å². The Morgan fingerprint density at radius 2 is 1.04 bits per heavy atom. The number of benzene rings is 6. The number of phenolic OH excluding ortho intramolecular Hbond substituents is 1. The van der Waals surface area contributed by atoms with E-state index in [0.717, 1.165) is 21.5 Å². The molecule has 6 aromatic rings. The summed E-state index contributed by atoms with van der Waals surface area (Å²) in [5.74, 6) is 0.336. The summed E-state index contributed by atoms with van der Waals surface area (Å²) >= 11 is 0. The predicted octanol–water partition coefficient (Wildman–Crippen LogP) is 7.16. The van der Waals surface area contributed by atoms with Crippen LogP contribution in [0.15, 0.2) is 91.0 Å². The molecule has 0 bridgehead atoms. The third kappa shape index (κ3) is 2.00. The zero-order valence-corrected chi connectivity index (χ0v) is 14.6. The second-order valence-electron chi connectivity index (χ2n) is 7.19. The number of fused-ring (bicyclic) bond motifs is 8. The summed E-state index contributed by atoms with van der Waals surface area (Å²) in [4.78, 5) is 0. The normalized spacial score (nSPS) is 11.9. The molecule has 1 nitrogen and oxygen atoms in total. The molecule has 0 fully saturated rings. The maximum Gasteiger partial charge on any atom is 0.124 e. The third-order valence-electron chi connectivity index (χ3n) is 5.68. The lowest BCUT2D eigenvalue weighted by Gasteiger charge is -2.12. The van der Waals surface area contributed by atoms with E-state index in [-0.39, 0.29) is 0 Å². The molecule has 0 aliphatic heterocycles. The van der Waals surface area contributed by atoms with Crippen LogP contribution in [0.3, 0.4) is 0 Å². The fourth-order valence-corrected chi connectivity index (χ4v) is 4.41. The molecule has 0 spiro atoms. The molecule has 0 aliphatic rings. The first-order chi connectivity index (χ1) is 13.3. The Morgan fingerprint density at radius 1 is 0.407 bits per heavy atom. The van der Waals surface area contributed by atoms with Gasteiger partial charge < -0.3 is 5.11 Å². The highest BCUT2D eigenvalue weighted by atomic mass is 16.3. The van der Waals surface area contributed by atoms with Crippen LogP contribution in [-0.2, 0) is 0 Å². The highest BCUT2D eigenvalue weighted by Crippen LogP contribution is 2.40. The van der Waals surface area contributed by atoms with Gasteiger partial charge in [0.25, 0.3) is 0 Å². The molecule has 0 aromatic heterocycles. The quantitative estimate of drug-likeness (QED) is 0.229. The third-order valence-corrected chi connectivity index (χ3v) is 5.68. The fourth-order valence-electron chi connectivity index (χ4n) is 4.41. The van der Waals surface area contributed by atoms with Gasteiger partial charge in [0, 0.05) is 5.39 Å². The molecule has 0 unspecified atom stereocenters. The van der Waals surface area contributed by atoms with Crippen molar-refractivity contribution in [3.63, 3.8) is 0 Å². The van der Waals surface area contributed by atoms with Crippen LogP contribution in [0, 0.1) is 0 Å². The van der Waals surface area contributed by atoms with Crippen LogP contribution in [0.4, 0.5) is 0 Å². The summed E-state index contributed by atoms with van der Waals surface area (Å²) in [7, 11) is 0. The largest absolute Gasteiger partial charge is 0.507 e. The van der Waals surface area contributed by atoms with Crippen LogP contribution >= 0.6 is 0 Å². The van der Waals surface area contributed by atoms with E-state index in [0.29, 0.717) is 5.75 Å². The van der Waals surface area contributed by atoms with Crippen molar-refractivity contribution in [2.75, 3.05) is 0 Å². The van der Waals surface area contributed by atoms with E-state index in [2.05, 4.69) is 78.9 Å². The smallest absolute Gasteiger partial charge is 0.124 e. The van der Waals surface area contributed by atoms with Gasteiger partial charge in [0.2, 0.25) is 0 Å². The maximum absolute atomic E-state index is 10.7. The number of phenols is 1. The monoisotopic (exact) mass is 344 g/mol. The summed E-state index contributed by atoms with van der Waals surface area (Å²) in [5, 5.41) is 22.3. The first kappa shape index (κ1) is 14.6. The molecule has 6 aromatic carbocycles. The van der Waals surface area contributed by atoms with Gasteiger partial charge in [-0.2, -0.15) is 0 Å². The molecule has 0 aliphatic carbocycles. The Morgan fingerprint density at radius 3 is 1.85 bits per heavy atom. The minimum absolute atomic E-state index is 0.336. The molecule has 1 N–H and O–H groups in total. The van der Waals surface area contributed by atoms with Gasteiger partial charge in [-0.1, -0.05) is 72.8 Å². The summed E-state index contributed by atoms with van der Waals surface area (Å²) in [6.45, 7) is 0. The van der Waals surface area contributed by atoms with Crippen LogP contribution < -0.4 is 0 Å². The standard InChI is InChI=1S/C26H16O/c27-25-15-19-10-11-21-20-8-4-3-5-16(20)9-12-22(21)26(19)24-14-18-7-2-1-6-17(18)13-23(24)25/h1-15,27H. The molecule has 1 heteroatoms. The molecular weight excluding hydrogens is 328 g/mol. The second kappa shape index (κ2) is 5.21. The zero-order valence-electron chi connectivity index (χ0n) is 14.6. The molecule has 0 saturated heterocycles. The van der Waals surface area contributed by atoms with Crippen molar-refractivity contribution in [2.45, 2.75) is 0 Å². The minimum Gasteiger partial charge on any atom is -0.507 e. The molecule has 126 valence electrons. The molecule has 0 saturated carbocycles. The average Bonchev–Trinajstić information content (AvgIpc) is 2.72. The average molecular weight is 344 g/mol. The molecular formula is C26H16O. The molecule has 6 rings (SSSR count). The number of aromatic hydroxyl groups is 1. The fraction of sp³-hybridized carbons (Fsp3) is 0. The van der Waals surface area contributed by atoms with Gasteiger partial charge in [0.05, 0.1) is 0 Å². The lowest BCUT2D eigenvalue weighted by Crippen LogP contribution is -1.85. The Bertz CT molecular complexity index is 1530. The van der Waals surface area contributed by atoms with Crippen molar-refractivity contribution in [3.05, 3.63) is 91.0 Å². The van der Waals surface area contributed by atoms with Gasteiger partial charge in [-0.3, -0.25) is 0 Å². The van der Waals surface area contributed by atoms with Gasteiger partial charge in [-0.05, 0) is 66.7 Å². The van der Waals surface area contributed by atoms with E-state index < -0.39 is 0 Å². The molecule has 0 radical (unpaired) electrons. The molecule has 27 heavy (non-hydrogen) atoms. The molecule has 0 amide bonds. The van der Waals surface area contributed by atoms with Crippen LogP contribution in [0.5, 0.6) is 5.75 Å². The van der Waals surface area contributed by atoms with E-state index in [1.54, 1.807) is 0 Å². The second-order valence-corrected chi connectivity index (χ2v) is 7.19. The van der Waals surface area contributed by atoms with Gasteiger partial charge in [0.1, 0.15) is 5.75 Å². The van der Waals surface area contributed by atoms with Gasteiger partial charge >= 0.3 is 0 Å². The van der Waals surface area contributed by atoms with Gasteiger partial charge in [-0.15, -0.1) is 0 Å². The predicted molar refractivity (Wildman–Crippen MR) is 116 cm³/mol. The Labute approximate surface area is 156 Å². The number of hydrogen-bond acceptors (Lipinski definition) is 1. The number of rotatable bonds is 0. The number of hydrogen-bond donors (Lipinski definition) is 1. The van der Waals surface area contributed by atoms with Gasteiger partial charge in [0.15, 0.2) is 0 Å². The van der Waals surface area contributed by atoms with E-state index in [1.807, 2.05) is 12.1 Å². The summed E-state index contributed by atoms with van der Waals surface area (Å²) < 4.78 is 0. The van der Waals surface area contributed by atoms with Crippen molar-refractivity contribution in [1.29, 1.82) is 0 Å². The van der Waals surface area contributed by atoms with Crippen molar-refractivity contribution >= 4 is 53.9 Å². The summed E-state index contributed by atoms with van der Waals surface area (Å²) in [5.41, 5.74) is 0. The Hall–Kier alpha value is -3.58. The first-order valence-corrected chi connectivity index (χ1v) is 9.18. The van der Waals surface area contributed by atoms with Crippen molar-refractivity contribution < 1.29 is 5.11 Å². The summed E-state index contributed by atoms with van der Waals surface area (Å²) in [6, 6.07) is 31.7. The Balaban J connectivity index is 1.91. The van der Waals surface area contributed by atoms with Crippen LogP contribution in [0.25, 0.3) is 53.9 Å². The van der Waals surface area contributed by atoms with Crippen molar-refractivity contribution in [2.24, 2.45) is 0 Å². The van der Waals surface area contributed by atoms with E-state index in [4.69, 9.17) is 0 Å². The lowest BCUT2D eigenvalue weighted by atomic mass is 9.92. The topological polar surface area (TPSA) is 20.2 Å². The summed E-state index contributed by atoms with van der Waals surface area (Å²) in [6.07, 6.45) is 0. The highest BCUT2D eigenvalue weighted by Gasteiger charge is 2.11. The molecule has 0 atom stereocenters.